The Morgan fingerprint density at radius 2 is 1.96 bits per heavy atom. The summed E-state index contributed by atoms with van der Waals surface area (Å²) in [5, 5.41) is 2.78. The second-order valence-corrected chi connectivity index (χ2v) is 5.90. The fourth-order valence-corrected chi connectivity index (χ4v) is 2.92. The molecule has 5 nitrogen and oxygen atoms in total. The number of methoxy groups -OCH3 is 1. The van der Waals surface area contributed by atoms with Crippen molar-refractivity contribution in [3.8, 4) is 11.4 Å². The van der Waals surface area contributed by atoms with Crippen LogP contribution in [-0.4, -0.2) is 22.6 Å². The fourth-order valence-electron chi connectivity index (χ4n) is 2.92. The van der Waals surface area contributed by atoms with Gasteiger partial charge in [0.25, 0.3) is 0 Å². The molecule has 5 heteroatoms. The van der Waals surface area contributed by atoms with Crippen molar-refractivity contribution in [2.45, 2.75) is 13.8 Å². The molecule has 0 unspecified atom stereocenters. The lowest BCUT2D eigenvalue weighted by atomic mass is 10.2. The number of amides is 1. The van der Waals surface area contributed by atoms with Gasteiger partial charge in [-0.15, -0.1) is 0 Å². The van der Waals surface area contributed by atoms with Crippen LogP contribution in [0.2, 0.25) is 0 Å². The van der Waals surface area contributed by atoms with Gasteiger partial charge in [0, 0.05) is 35.4 Å². The van der Waals surface area contributed by atoms with Gasteiger partial charge in [0.2, 0.25) is 5.91 Å². The number of nitrogens with one attached hydrogen (secondary N) is 1. The molecule has 0 fully saturated rings. The number of aromatic nitrogens is 2. The van der Waals surface area contributed by atoms with E-state index in [1.807, 2.05) is 31.2 Å². The molecule has 3 rings (SSSR count). The Morgan fingerprint density at radius 3 is 2.69 bits per heavy atom. The predicted octanol–water partition coefficient (Wildman–Crippen LogP) is 4.15. The lowest BCUT2D eigenvalue weighted by Gasteiger charge is -2.09. The number of anilines is 1. The third-order valence-corrected chi connectivity index (χ3v) is 4.16. The van der Waals surface area contributed by atoms with Crippen LogP contribution in [0.5, 0.6) is 5.75 Å². The van der Waals surface area contributed by atoms with E-state index in [1.54, 1.807) is 25.6 Å². The summed E-state index contributed by atoms with van der Waals surface area (Å²) >= 11 is 0. The molecule has 1 amide bonds. The van der Waals surface area contributed by atoms with Crippen LogP contribution < -0.4 is 10.1 Å². The number of aryl methyl sites for hydroxylation is 1. The summed E-state index contributed by atoms with van der Waals surface area (Å²) in [6.45, 7) is 4.10. The van der Waals surface area contributed by atoms with Gasteiger partial charge >= 0.3 is 0 Å². The number of ether oxygens (including phenoxy) is 1. The van der Waals surface area contributed by atoms with Crippen LogP contribution >= 0.6 is 0 Å². The first-order chi connectivity index (χ1) is 12.6. The van der Waals surface area contributed by atoms with Crippen molar-refractivity contribution in [1.82, 2.24) is 9.55 Å². The molecule has 0 saturated carbocycles. The quantitative estimate of drug-likeness (QED) is 0.706. The molecule has 0 aliphatic carbocycles. The number of pyridine rings is 1. The number of benzene rings is 1. The summed E-state index contributed by atoms with van der Waals surface area (Å²) in [5.74, 6) is 0.338. The normalized spacial score (nSPS) is 10.9. The summed E-state index contributed by atoms with van der Waals surface area (Å²) in [6, 6.07) is 13.9. The molecule has 0 saturated heterocycles. The largest absolute Gasteiger partial charge is 0.494 e. The number of hydrogen-bond acceptors (Lipinski definition) is 3. The third kappa shape index (κ3) is 3.67. The van der Waals surface area contributed by atoms with E-state index in [0.29, 0.717) is 11.4 Å². The van der Waals surface area contributed by atoms with E-state index < -0.39 is 0 Å². The van der Waals surface area contributed by atoms with Crippen molar-refractivity contribution in [2.24, 2.45) is 0 Å². The van der Waals surface area contributed by atoms with Crippen LogP contribution in [0.3, 0.4) is 0 Å². The highest BCUT2D eigenvalue weighted by atomic mass is 16.5. The van der Waals surface area contributed by atoms with E-state index in [9.17, 15) is 4.79 Å². The number of para-hydroxylation sites is 1. The highest BCUT2D eigenvalue weighted by Gasteiger charge is 2.09. The molecule has 2 heterocycles. The summed E-state index contributed by atoms with van der Waals surface area (Å²) in [7, 11) is 1.55. The lowest BCUT2D eigenvalue weighted by molar-refractivity contribution is -0.111. The molecular formula is C21H21N3O2. The molecule has 0 radical (unpaired) electrons. The van der Waals surface area contributed by atoms with E-state index >= 15 is 0 Å². The summed E-state index contributed by atoms with van der Waals surface area (Å²) < 4.78 is 7.38. The van der Waals surface area contributed by atoms with Crippen LogP contribution in [0, 0.1) is 13.8 Å². The molecule has 2 aromatic heterocycles. The molecule has 3 aromatic rings. The minimum absolute atomic E-state index is 0.235. The SMILES string of the molecule is COc1ccncc1NC(=O)C=Cc1cc(C)n(-c2ccccc2)c1C. The molecule has 0 spiro atoms. The van der Waals surface area contributed by atoms with E-state index in [4.69, 9.17) is 4.74 Å². The molecule has 132 valence electrons. The first-order valence-corrected chi connectivity index (χ1v) is 8.31. The molecule has 0 bridgehead atoms. The molecule has 1 N–H and O–H groups in total. The van der Waals surface area contributed by atoms with Gasteiger partial charge < -0.3 is 14.6 Å². The van der Waals surface area contributed by atoms with E-state index in [1.165, 1.54) is 6.08 Å². The number of carbonyl (C=O) groups excluding carboxylic acids is 1. The Balaban J connectivity index is 1.80. The van der Waals surface area contributed by atoms with Crippen LogP contribution in [0.15, 0.2) is 60.9 Å². The van der Waals surface area contributed by atoms with Gasteiger partial charge in [-0.25, -0.2) is 0 Å². The fraction of sp³-hybridized carbons (Fsp3) is 0.143. The summed E-state index contributed by atoms with van der Waals surface area (Å²) in [6.07, 6.45) is 6.51. The number of nitrogens with zero attached hydrogens (tertiary/aromatic N) is 2. The zero-order valence-corrected chi connectivity index (χ0v) is 15.1. The van der Waals surface area contributed by atoms with Crippen molar-refractivity contribution in [1.29, 1.82) is 0 Å². The van der Waals surface area contributed by atoms with Gasteiger partial charge in [0.15, 0.2) is 0 Å². The first-order valence-electron chi connectivity index (χ1n) is 8.31. The molecule has 26 heavy (non-hydrogen) atoms. The highest BCUT2D eigenvalue weighted by Crippen LogP contribution is 2.23. The van der Waals surface area contributed by atoms with Crippen molar-refractivity contribution in [3.63, 3.8) is 0 Å². The molecule has 0 atom stereocenters. The predicted molar refractivity (Wildman–Crippen MR) is 104 cm³/mol. The Morgan fingerprint density at radius 1 is 1.19 bits per heavy atom. The zero-order valence-electron chi connectivity index (χ0n) is 15.1. The van der Waals surface area contributed by atoms with Gasteiger partial charge in [-0.1, -0.05) is 18.2 Å². The second-order valence-electron chi connectivity index (χ2n) is 5.90. The maximum atomic E-state index is 12.2. The van der Waals surface area contributed by atoms with Crippen molar-refractivity contribution >= 4 is 17.7 Å². The minimum atomic E-state index is -0.235. The molecule has 0 aliphatic rings. The van der Waals surface area contributed by atoms with Gasteiger partial charge in [0.05, 0.1) is 13.3 Å². The maximum Gasteiger partial charge on any atom is 0.248 e. The van der Waals surface area contributed by atoms with Crippen LogP contribution in [0.25, 0.3) is 11.8 Å². The van der Waals surface area contributed by atoms with E-state index in [2.05, 4.69) is 40.0 Å². The maximum absolute atomic E-state index is 12.2. The Bertz CT molecular complexity index is 943. The number of hydrogen-bond donors (Lipinski definition) is 1. The van der Waals surface area contributed by atoms with Crippen LogP contribution in [-0.2, 0) is 4.79 Å². The molecule has 1 aromatic carbocycles. The Kier molecular flexibility index (Phi) is 5.17. The van der Waals surface area contributed by atoms with Gasteiger partial charge in [-0.2, -0.15) is 0 Å². The second kappa shape index (κ2) is 7.70. The van der Waals surface area contributed by atoms with Crippen molar-refractivity contribution in [3.05, 3.63) is 77.9 Å². The van der Waals surface area contributed by atoms with E-state index in [-0.39, 0.29) is 5.91 Å². The average molecular weight is 347 g/mol. The first kappa shape index (κ1) is 17.5. The third-order valence-electron chi connectivity index (χ3n) is 4.16. The van der Waals surface area contributed by atoms with Crippen LogP contribution in [0.1, 0.15) is 17.0 Å². The zero-order chi connectivity index (χ0) is 18.5. The van der Waals surface area contributed by atoms with E-state index in [0.717, 1.165) is 22.6 Å². The van der Waals surface area contributed by atoms with Gasteiger partial charge in [0.1, 0.15) is 11.4 Å². The Hall–Kier alpha value is -3.34. The summed E-state index contributed by atoms with van der Waals surface area (Å²) in [4.78, 5) is 16.2. The van der Waals surface area contributed by atoms with Crippen LogP contribution in [0.4, 0.5) is 5.69 Å². The number of rotatable bonds is 5. The smallest absolute Gasteiger partial charge is 0.248 e. The van der Waals surface area contributed by atoms with Gasteiger partial charge in [-0.3, -0.25) is 9.78 Å². The lowest BCUT2D eigenvalue weighted by Crippen LogP contribution is -2.09. The topological polar surface area (TPSA) is 56.1 Å². The average Bonchev–Trinajstić information content (AvgIpc) is 2.94. The molecular weight excluding hydrogens is 326 g/mol. The van der Waals surface area contributed by atoms with Crippen molar-refractivity contribution in [2.75, 3.05) is 12.4 Å². The minimum Gasteiger partial charge on any atom is -0.494 e. The Labute approximate surface area is 153 Å². The van der Waals surface area contributed by atoms with Crippen molar-refractivity contribution < 1.29 is 9.53 Å². The summed E-state index contributed by atoms with van der Waals surface area (Å²) in [5.41, 5.74) is 4.84. The highest BCUT2D eigenvalue weighted by molar-refractivity contribution is 6.02. The van der Waals surface area contributed by atoms with Gasteiger partial charge in [-0.05, 0) is 43.7 Å². The number of carbonyl (C=O) groups is 1. The standard InChI is InChI=1S/C21H21N3O2/c1-15-13-17(16(2)24(15)18-7-5-4-6-8-18)9-10-21(25)23-19-14-22-12-11-20(19)26-3/h4-14H,1-3H3,(H,23,25). The monoisotopic (exact) mass is 347 g/mol. The molecule has 0 aliphatic heterocycles.